The third-order valence-electron chi connectivity index (χ3n) is 6.16. The summed E-state index contributed by atoms with van der Waals surface area (Å²) < 4.78 is 34.3. The first-order valence-corrected chi connectivity index (χ1v) is 10.7. The summed E-state index contributed by atoms with van der Waals surface area (Å²) in [5.74, 6) is 0.567. The predicted octanol–water partition coefficient (Wildman–Crippen LogP) is 7.63. The third-order valence-corrected chi connectivity index (χ3v) is 6.16. The first-order valence-electron chi connectivity index (χ1n) is 10.7. The molecule has 3 heteroatoms. The van der Waals surface area contributed by atoms with Gasteiger partial charge in [-0.1, -0.05) is 56.9 Å². The van der Waals surface area contributed by atoms with Crippen molar-refractivity contribution in [1.82, 2.24) is 0 Å². The lowest BCUT2D eigenvalue weighted by atomic mass is 9.76. The van der Waals surface area contributed by atoms with Crippen LogP contribution in [0.5, 0.6) is 0 Å². The molecule has 28 heavy (non-hydrogen) atoms. The van der Waals surface area contributed by atoms with Crippen molar-refractivity contribution in [3.8, 4) is 11.1 Å². The molecule has 0 N–H and O–H groups in total. The van der Waals surface area contributed by atoms with Crippen LogP contribution >= 0.6 is 0 Å². The standard InChI is InChI=1S/C25H32F2O/c1-3-4-5-6-18-7-10-20(11-8-18)22-14-12-21(16-25(22)27)23-13-9-19(17-28-2)15-24(23)26/h9,12-16,18,20H,3-8,10-11,17H2,1-2H3. The lowest BCUT2D eigenvalue weighted by molar-refractivity contribution is 0.184. The zero-order valence-electron chi connectivity index (χ0n) is 17.1. The van der Waals surface area contributed by atoms with Crippen LogP contribution in [0.3, 0.4) is 0 Å². The molecule has 0 aromatic heterocycles. The van der Waals surface area contributed by atoms with Gasteiger partial charge in [0, 0.05) is 12.7 Å². The van der Waals surface area contributed by atoms with Crippen molar-refractivity contribution >= 4 is 0 Å². The van der Waals surface area contributed by atoms with Gasteiger partial charge >= 0.3 is 0 Å². The quantitative estimate of drug-likeness (QED) is 0.424. The molecular formula is C25H32F2O. The van der Waals surface area contributed by atoms with Crippen LogP contribution in [0.1, 0.15) is 75.3 Å². The van der Waals surface area contributed by atoms with E-state index in [1.165, 1.54) is 50.7 Å². The van der Waals surface area contributed by atoms with Gasteiger partial charge in [-0.25, -0.2) is 8.78 Å². The monoisotopic (exact) mass is 386 g/mol. The summed E-state index contributed by atoms with van der Waals surface area (Å²) in [6.45, 7) is 2.61. The molecule has 1 aliphatic rings. The topological polar surface area (TPSA) is 9.23 Å². The second-order valence-electron chi connectivity index (χ2n) is 8.20. The van der Waals surface area contributed by atoms with Gasteiger partial charge in [-0.15, -0.1) is 0 Å². The third kappa shape index (κ3) is 5.20. The Balaban J connectivity index is 1.66. The molecule has 0 saturated heterocycles. The van der Waals surface area contributed by atoms with Crippen LogP contribution in [-0.4, -0.2) is 7.11 Å². The van der Waals surface area contributed by atoms with E-state index in [-0.39, 0.29) is 11.6 Å². The van der Waals surface area contributed by atoms with E-state index in [1.54, 1.807) is 13.2 Å². The molecule has 0 atom stereocenters. The van der Waals surface area contributed by atoms with Crippen LogP contribution in [0.15, 0.2) is 36.4 Å². The average molecular weight is 387 g/mol. The maximum absolute atomic E-state index is 14.9. The fraction of sp³-hybridized carbons (Fsp3) is 0.520. The number of methoxy groups -OCH3 is 1. The predicted molar refractivity (Wildman–Crippen MR) is 111 cm³/mol. The molecule has 0 bridgehead atoms. The van der Waals surface area contributed by atoms with Crippen molar-refractivity contribution < 1.29 is 13.5 Å². The Morgan fingerprint density at radius 1 is 0.929 bits per heavy atom. The molecule has 0 heterocycles. The van der Waals surface area contributed by atoms with E-state index in [1.807, 2.05) is 18.2 Å². The molecular weight excluding hydrogens is 354 g/mol. The molecule has 0 spiro atoms. The summed E-state index contributed by atoms with van der Waals surface area (Å²) in [5, 5.41) is 0. The highest BCUT2D eigenvalue weighted by atomic mass is 19.1. The van der Waals surface area contributed by atoms with E-state index in [0.29, 0.717) is 23.7 Å². The van der Waals surface area contributed by atoms with Crippen molar-refractivity contribution in [3.05, 3.63) is 59.2 Å². The van der Waals surface area contributed by atoms with Gasteiger partial charge in [-0.3, -0.25) is 0 Å². The molecule has 1 saturated carbocycles. The van der Waals surface area contributed by atoms with Crippen LogP contribution in [0.2, 0.25) is 0 Å². The molecule has 1 nitrogen and oxygen atoms in total. The number of benzene rings is 2. The molecule has 0 aliphatic heterocycles. The molecule has 152 valence electrons. The van der Waals surface area contributed by atoms with Crippen molar-refractivity contribution in [3.63, 3.8) is 0 Å². The first kappa shape index (κ1) is 21.0. The summed E-state index contributed by atoms with van der Waals surface area (Å²) in [7, 11) is 1.58. The highest BCUT2D eigenvalue weighted by molar-refractivity contribution is 5.65. The Bertz CT molecular complexity index is 763. The highest BCUT2D eigenvalue weighted by Gasteiger charge is 2.24. The second kappa shape index (κ2) is 10.2. The summed E-state index contributed by atoms with van der Waals surface area (Å²) >= 11 is 0. The van der Waals surface area contributed by atoms with Gasteiger partial charge in [0.25, 0.3) is 0 Å². The number of halogens is 2. The Hall–Kier alpha value is -1.74. The number of ether oxygens (including phenoxy) is 1. The van der Waals surface area contributed by atoms with Crippen LogP contribution < -0.4 is 0 Å². The largest absolute Gasteiger partial charge is 0.380 e. The summed E-state index contributed by atoms with van der Waals surface area (Å²) in [6, 6.07) is 10.2. The van der Waals surface area contributed by atoms with E-state index in [9.17, 15) is 8.78 Å². The zero-order chi connectivity index (χ0) is 19.9. The molecule has 2 aromatic carbocycles. The Labute approximate surface area is 168 Å². The van der Waals surface area contributed by atoms with Crippen molar-refractivity contribution in [1.29, 1.82) is 0 Å². The molecule has 0 radical (unpaired) electrons. The zero-order valence-corrected chi connectivity index (χ0v) is 17.1. The lowest BCUT2D eigenvalue weighted by Crippen LogP contribution is -2.14. The Morgan fingerprint density at radius 3 is 2.36 bits per heavy atom. The van der Waals surface area contributed by atoms with E-state index >= 15 is 0 Å². The van der Waals surface area contributed by atoms with Gasteiger partial charge in [0.1, 0.15) is 11.6 Å². The molecule has 0 unspecified atom stereocenters. The first-order chi connectivity index (χ1) is 13.6. The minimum atomic E-state index is -0.339. The van der Waals surface area contributed by atoms with Gasteiger partial charge in [0.15, 0.2) is 0 Å². The fourth-order valence-electron chi connectivity index (χ4n) is 4.52. The fourth-order valence-corrected chi connectivity index (χ4v) is 4.52. The summed E-state index contributed by atoms with van der Waals surface area (Å²) in [5.41, 5.74) is 2.60. The van der Waals surface area contributed by atoms with Crippen LogP contribution in [-0.2, 0) is 11.3 Å². The van der Waals surface area contributed by atoms with Crippen LogP contribution in [0.25, 0.3) is 11.1 Å². The normalized spacial score (nSPS) is 19.7. The summed E-state index contributed by atoms with van der Waals surface area (Å²) in [6.07, 6.45) is 9.75. The van der Waals surface area contributed by atoms with Gasteiger partial charge in [0.05, 0.1) is 6.61 Å². The lowest BCUT2D eigenvalue weighted by Gasteiger charge is -2.29. The number of hydrogen-bond donors (Lipinski definition) is 0. The minimum Gasteiger partial charge on any atom is -0.380 e. The molecule has 2 aromatic rings. The van der Waals surface area contributed by atoms with E-state index in [0.717, 1.165) is 29.9 Å². The maximum Gasteiger partial charge on any atom is 0.131 e. The number of hydrogen-bond acceptors (Lipinski definition) is 1. The van der Waals surface area contributed by atoms with Crippen LogP contribution in [0, 0.1) is 17.6 Å². The summed E-state index contributed by atoms with van der Waals surface area (Å²) in [4.78, 5) is 0. The molecule has 1 fully saturated rings. The number of unbranched alkanes of at least 4 members (excludes halogenated alkanes) is 2. The molecule has 3 rings (SSSR count). The van der Waals surface area contributed by atoms with Crippen molar-refractivity contribution in [2.75, 3.05) is 7.11 Å². The van der Waals surface area contributed by atoms with Crippen molar-refractivity contribution in [2.24, 2.45) is 5.92 Å². The second-order valence-corrected chi connectivity index (χ2v) is 8.20. The minimum absolute atomic E-state index is 0.202. The van der Waals surface area contributed by atoms with E-state index < -0.39 is 0 Å². The van der Waals surface area contributed by atoms with E-state index in [4.69, 9.17) is 4.74 Å². The van der Waals surface area contributed by atoms with E-state index in [2.05, 4.69) is 6.92 Å². The smallest absolute Gasteiger partial charge is 0.131 e. The maximum atomic E-state index is 14.9. The molecule has 0 amide bonds. The Kier molecular flexibility index (Phi) is 7.61. The van der Waals surface area contributed by atoms with Gasteiger partial charge in [0.2, 0.25) is 0 Å². The molecule has 1 aliphatic carbocycles. The SMILES string of the molecule is CCCCCC1CCC(c2ccc(-c3ccc(COC)cc3F)cc2F)CC1. The van der Waals surface area contributed by atoms with Gasteiger partial charge in [-0.2, -0.15) is 0 Å². The Morgan fingerprint density at radius 2 is 1.71 bits per heavy atom. The number of rotatable bonds is 8. The van der Waals surface area contributed by atoms with Crippen LogP contribution in [0.4, 0.5) is 8.78 Å². The van der Waals surface area contributed by atoms with Crippen molar-refractivity contribution in [2.45, 2.75) is 70.8 Å². The average Bonchev–Trinajstić information content (AvgIpc) is 2.69. The highest BCUT2D eigenvalue weighted by Crippen LogP contribution is 2.39. The van der Waals surface area contributed by atoms with Gasteiger partial charge < -0.3 is 4.74 Å². The van der Waals surface area contributed by atoms with Gasteiger partial charge in [-0.05, 0) is 66.3 Å².